The normalized spacial score (nSPS) is 27.6. The lowest BCUT2D eigenvalue weighted by molar-refractivity contribution is 0.00445. The van der Waals surface area contributed by atoms with Gasteiger partial charge in [0.05, 0.1) is 23.2 Å². The molecule has 1 fully saturated rings. The summed E-state index contributed by atoms with van der Waals surface area (Å²) in [6.45, 7) is -0.209. The Morgan fingerprint density at radius 1 is 1.33 bits per heavy atom. The largest absolute Gasteiger partial charge is 0.396 e. The number of nitrogens with one attached hydrogen (secondary N) is 1. The van der Waals surface area contributed by atoms with Crippen LogP contribution in [-0.2, 0) is 6.42 Å². The standard InChI is InChI=1S/C19H22ClN5O4S/c20-17-11(3-1-10-2-4-14(30-10)13-5-6-22-29-13)18(25-19(21)24-17)23-12-7-9(8-26)15(27)16(12)28/h1,4-6,9,12,15-16,26-28H,2-3,7-8H2,(H3,21,23,24,25). The van der Waals surface area contributed by atoms with Crippen molar-refractivity contribution in [2.75, 3.05) is 17.7 Å². The van der Waals surface area contributed by atoms with Gasteiger partial charge in [-0.2, -0.15) is 4.98 Å². The zero-order valence-corrected chi connectivity index (χ0v) is 17.5. The molecule has 11 heteroatoms. The average molecular weight is 452 g/mol. The maximum absolute atomic E-state index is 10.3. The lowest BCUT2D eigenvalue weighted by Crippen LogP contribution is -2.36. The van der Waals surface area contributed by atoms with Crippen LogP contribution in [0.2, 0.25) is 5.15 Å². The van der Waals surface area contributed by atoms with Crippen molar-refractivity contribution >= 4 is 40.0 Å². The minimum Gasteiger partial charge on any atom is -0.396 e. The van der Waals surface area contributed by atoms with Gasteiger partial charge in [0.2, 0.25) is 5.95 Å². The first-order valence-corrected chi connectivity index (χ1v) is 10.7. The number of hydrogen-bond donors (Lipinski definition) is 5. The number of aliphatic hydroxyl groups excluding tert-OH is 3. The minimum atomic E-state index is -1.04. The van der Waals surface area contributed by atoms with E-state index in [4.69, 9.17) is 21.9 Å². The molecule has 2 aromatic rings. The summed E-state index contributed by atoms with van der Waals surface area (Å²) in [5.74, 6) is 0.737. The third-order valence-corrected chi connectivity index (χ3v) is 6.77. The average Bonchev–Trinajstić information content (AvgIpc) is 3.45. The van der Waals surface area contributed by atoms with Crippen molar-refractivity contribution in [3.8, 4) is 0 Å². The van der Waals surface area contributed by atoms with E-state index in [1.54, 1.807) is 18.0 Å². The van der Waals surface area contributed by atoms with Crippen LogP contribution < -0.4 is 11.1 Å². The van der Waals surface area contributed by atoms with E-state index in [0.29, 0.717) is 24.2 Å². The zero-order chi connectivity index (χ0) is 21.3. The third-order valence-electron chi connectivity index (χ3n) is 5.28. The highest BCUT2D eigenvalue weighted by atomic mass is 35.5. The highest BCUT2D eigenvalue weighted by Gasteiger charge is 2.41. The van der Waals surface area contributed by atoms with E-state index in [2.05, 4.69) is 26.5 Å². The molecule has 4 atom stereocenters. The molecule has 1 saturated carbocycles. The Morgan fingerprint density at radius 3 is 2.87 bits per heavy atom. The number of rotatable bonds is 6. The molecule has 4 unspecified atom stereocenters. The second-order valence-electron chi connectivity index (χ2n) is 7.24. The fourth-order valence-electron chi connectivity index (χ4n) is 3.65. The molecule has 3 heterocycles. The van der Waals surface area contributed by atoms with Crippen LogP contribution in [0, 0.1) is 5.92 Å². The molecule has 1 aliphatic carbocycles. The highest BCUT2D eigenvalue weighted by molar-refractivity contribution is 8.12. The van der Waals surface area contributed by atoms with Crippen molar-refractivity contribution in [3.05, 3.63) is 45.8 Å². The quantitative estimate of drug-likeness (QED) is 0.411. The third kappa shape index (κ3) is 4.33. The smallest absolute Gasteiger partial charge is 0.223 e. The van der Waals surface area contributed by atoms with Crippen molar-refractivity contribution in [3.63, 3.8) is 0 Å². The SMILES string of the molecule is Nc1nc(Cl)c(CC=C2CC=C(c3ccno3)S2)c(NC2CC(CO)C(O)C2O)n1. The summed E-state index contributed by atoms with van der Waals surface area (Å²) in [4.78, 5) is 10.4. The van der Waals surface area contributed by atoms with Gasteiger partial charge in [-0.1, -0.05) is 40.7 Å². The Labute approximate surface area is 182 Å². The van der Waals surface area contributed by atoms with E-state index < -0.39 is 24.2 Å². The Balaban J connectivity index is 1.50. The molecule has 30 heavy (non-hydrogen) atoms. The molecule has 160 valence electrons. The summed E-state index contributed by atoms with van der Waals surface area (Å²) in [5, 5.41) is 36.8. The Kier molecular flexibility index (Phi) is 6.30. The van der Waals surface area contributed by atoms with Gasteiger partial charge in [0.25, 0.3) is 0 Å². The minimum absolute atomic E-state index is 0.00941. The number of nitrogens with two attached hydrogens (primary N) is 1. The van der Waals surface area contributed by atoms with E-state index >= 15 is 0 Å². The molecule has 0 saturated heterocycles. The van der Waals surface area contributed by atoms with Gasteiger partial charge >= 0.3 is 0 Å². The van der Waals surface area contributed by atoms with E-state index in [1.165, 1.54) is 0 Å². The van der Waals surface area contributed by atoms with E-state index in [9.17, 15) is 15.3 Å². The topological polar surface area (TPSA) is 151 Å². The predicted molar refractivity (Wildman–Crippen MR) is 115 cm³/mol. The van der Waals surface area contributed by atoms with Crippen molar-refractivity contribution < 1.29 is 19.8 Å². The van der Waals surface area contributed by atoms with Crippen LogP contribution in [0.4, 0.5) is 11.8 Å². The summed E-state index contributed by atoms with van der Waals surface area (Å²) in [5.41, 5.74) is 6.41. The molecule has 0 radical (unpaired) electrons. The van der Waals surface area contributed by atoms with Crippen LogP contribution >= 0.6 is 23.4 Å². The van der Waals surface area contributed by atoms with Crippen LogP contribution in [0.25, 0.3) is 4.91 Å². The Morgan fingerprint density at radius 2 is 2.17 bits per heavy atom. The molecule has 9 nitrogen and oxygen atoms in total. The molecule has 0 bridgehead atoms. The van der Waals surface area contributed by atoms with E-state index in [1.807, 2.05) is 12.1 Å². The van der Waals surface area contributed by atoms with E-state index in [0.717, 1.165) is 22.0 Å². The number of allylic oxidation sites excluding steroid dienone is 3. The highest BCUT2D eigenvalue weighted by Crippen LogP contribution is 2.42. The number of hydrogen-bond acceptors (Lipinski definition) is 10. The Bertz CT molecular complexity index is 968. The van der Waals surface area contributed by atoms with Crippen LogP contribution in [-0.4, -0.2) is 55.3 Å². The molecule has 6 N–H and O–H groups in total. The molecular weight excluding hydrogens is 430 g/mol. The van der Waals surface area contributed by atoms with Crippen LogP contribution in [0.5, 0.6) is 0 Å². The summed E-state index contributed by atoms with van der Waals surface area (Å²) in [6.07, 6.45) is 5.28. The predicted octanol–water partition coefficient (Wildman–Crippen LogP) is 1.82. The number of halogens is 1. The monoisotopic (exact) mass is 451 g/mol. The molecule has 2 aromatic heterocycles. The maximum atomic E-state index is 10.3. The lowest BCUT2D eigenvalue weighted by atomic mass is 10.1. The van der Waals surface area contributed by atoms with Gasteiger partial charge in [0.15, 0.2) is 5.76 Å². The van der Waals surface area contributed by atoms with Gasteiger partial charge in [-0.15, -0.1) is 0 Å². The van der Waals surface area contributed by atoms with Crippen LogP contribution in [0.3, 0.4) is 0 Å². The van der Waals surface area contributed by atoms with Crippen molar-refractivity contribution in [1.82, 2.24) is 15.1 Å². The number of aromatic nitrogens is 3. The van der Waals surface area contributed by atoms with Gasteiger partial charge in [-0.25, -0.2) is 4.98 Å². The number of anilines is 2. The van der Waals surface area contributed by atoms with Crippen LogP contribution in [0.1, 0.15) is 24.2 Å². The molecule has 0 aromatic carbocycles. The number of nitrogen functional groups attached to an aromatic ring is 1. The zero-order valence-electron chi connectivity index (χ0n) is 15.9. The van der Waals surface area contributed by atoms with Gasteiger partial charge in [-0.05, 0) is 24.2 Å². The number of aliphatic hydroxyl groups is 3. The maximum Gasteiger partial charge on any atom is 0.223 e. The molecule has 2 aliphatic rings. The van der Waals surface area contributed by atoms with Gasteiger partial charge in [0.1, 0.15) is 17.1 Å². The first-order valence-electron chi connectivity index (χ1n) is 9.49. The Hall–Kier alpha value is -2.11. The molecule has 4 rings (SSSR count). The van der Waals surface area contributed by atoms with Crippen molar-refractivity contribution in [1.29, 1.82) is 0 Å². The van der Waals surface area contributed by atoms with Crippen molar-refractivity contribution in [2.24, 2.45) is 5.92 Å². The summed E-state index contributed by atoms with van der Waals surface area (Å²) < 4.78 is 5.20. The van der Waals surface area contributed by atoms with Gasteiger partial charge in [0, 0.05) is 24.2 Å². The first-order chi connectivity index (χ1) is 14.5. The molecule has 0 amide bonds. The summed E-state index contributed by atoms with van der Waals surface area (Å²) in [7, 11) is 0. The first kappa shape index (κ1) is 21.1. The van der Waals surface area contributed by atoms with Crippen LogP contribution in [0.15, 0.2) is 33.8 Å². The van der Waals surface area contributed by atoms with Gasteiger partial charge < -0.3 is 30.9 Å². The summed E-state index contributed by atoms with van der Waals surface area (Å²) in [6, 6.07) is 1.32. The molecule has 1 aliphatic heterocycles. The molecular formula is C19H22ClN5O4S. The number of thioether (sulfide) groups is 1. The number of nitrogens with zero attached hydrogens (tertiary/aromatic N) is 3. The second-order valence-corrected chi connectivity index (χ2v) is 8.76. The fourth-order valence-corrected chi connectivity index (χ4v) is 4.89. The van der Waals surface area contributed by atoms with Crippen molar-refractivity contribution in [2.45, 2.75) is 37.5 Å². The summed E-state index contributed by atoms with van der Waals surface area (Å²) >= 11 is 7.94. The van der Waals surface area contributed by atoms with Gasteiger partial charge in [-0.3, -0.25) is 0 Å². The molecule has 0 spiro atoms. The second kappa shape index (κ2) is 8.94. The fraction of sp³-hybridized carbons (Fsp3) is 0.421. The lowest BCUT2D eigenvalue weighted by Gasteiger charge is -2.20. The van der Waals surface area contributed by atoms with E-state index in [-0.39, 0.29) is 17.7 Å².